The molecule has 0 aromatic carbocycles. The number of aryl methyl sites for hydroxylation is 2. The lowest BCUT2D eigenvalue weighted by atomic mass is 9.97. The zero-order valence-electron chi connectivity index (χ0n) is 9.12. The van der Waals surface area contributed by atoms with E-state index in [9.17, 15) is 10.2 Å². The van der Waals surface area contributed by atoms with Gasteiger partial charge in [-0.25, -0.2) is 0 Å². The van der Waals surface area contributed by atoms with E-state index in [2.05, 4.69) is 0 Å². The second kappa shape index (κ2) is 4.15. The summed E-state index contributed by atoms with van der Waals surface area (Å²) >= 11 is 0. The van der Waals surface area contributed by atoms with Crippen LogP contribution in [0.25, 0.3) is 0 Å². The molecule has 0 amide bonds. The zero-order valence-corrected chi connectivity index (χ0v) is 9.12. The third kappa shape index (κ3) is 1.57. The van der Waals surface area contributed by atoms with Gasteiger partial charge in [-0.05, 0) is 32.4 Å². The van der Waals surface area contributed by atoms with Crippen molar-refractivity contribution in [3.8, 4) is 0 Å². The SMILES string of the molecule is CCC(CO)(CO)n1c(C)ccc1C. The highest BCUT2D eigenvalue weighted by Gasteiger charge is 2.30. The standard InChI is InChI=1S/C11H19NO2/c1-4-11(7-13,8-14)12-9(2)5-6-10(12)3/h5-6,13-14H,4,7-8H2,1-3H3. The van der Waals surface area contributed by atoms with Crippen molar-refractivity contribution in [2.75, 3.05) is 13.2 Å². The van der Waals surface area contributed by atoms with Crippen LogP contribution in [0.3, 0.4) is 0 Å². The molecular weight excluding hydrogens is 178 g/mol. The minimum absolute atomic E-state index is 0.0314. The van der Waals surface area contributed by atoms with Gasteiger partial charge in [0.15, 0.2) is 0 Å². The number of nitrogens with zero attached hydrogens (tertiary/aromatic N) is 1. The van der Waals surface area contributed by atoms with Crippen molar-refractivity contribution < 1.29 is 10.2 Å². The summed E-state index contributed by atoms with van der Waals surface area (Å²) < 4.78 is 2.02. The van der Waals surface area contributed by atoms with Gasteiger partial charge in [-0.3, -0.25) is 0 Å². The quantitative estimate of drug-likeness (QED) is 0.761. The van der Waals surface area contributed by atoms with Gasteiger partial charge in [-0.15, -0.1) is 0 Å². The van der Waals surface area contributed by atoms with Crippen molar-refractivity contribution in [1.82, 2.24) is 4.57 Å². The summed E-state index contributed by atoms with van der Waals surface area (Å²) in [5, 5.41) is 18.8. The second-order valence-corrected chi connectivity index (χ2v) is 3.85. The van der Waals surface area contributed by atoms with Gasteiger partial charge < -0.3 is 14.8 Å². The maximum absolute atomic E-state index is 9.42. The molecule has 0 saturated heterocycles. The van der Waals surface area contributed by atoms with E-state index in [0.29, 0.717) is 0 Å². The van der Waals surface area contributed by atoms with Crippen molar-refractivity contribution in [3.05, 3.63) is 23.5 Å². The molecule has 0 saturated carbocycles. The van der Waals surface area contributed by atoms with Crippen molar-refractivity contribution in [2.24, 2.45) is 0 Å². The van der Waals surface area contributed by atoms with E-state index < -0.39 is 5.54 Å². The van der Waals surface area contributed by atoms with Gasteiger partial charge in [-0.2, -0.15) is 0 Å². The molecule has 80 valence electrons. The lowest BCUT2D eigenvalue weighted by Gasteiger charge is -2.33. The van der Waals surface area contributed by atoms with Crippen LogP contribution < -0.4 is 0 Å². The summed E-state index contributed by atoms with van der Waals surface area (Å²) in [6, 6.07) is 4.01. The summed E-state index contributed by atoms with van der Waals surface area (Å²) in [5.41, 5.74) is 1.61. The molecule has 0 bridgehead atoms. The van der Waals surface area contributed by atoms with Crippen LogP contribution in [0.5, 0.6) is 0 Å². The molecular formula is C11H19NO2. The van der Waals surface area contributed by atoms with E-state index in [1.54, 1.807) is 0 Å². The fourth-order valence-electron chi connectivity index (χ4n) is 1.99. The number of hydrogen-bond acceptors (Lipinski definition) is 2. The predicted octanol–water partition coefficient (Wildman–Crippen LogP) is 1.19. The summed E-state index contributed by atoms with van der Waals surface area (Å²) in [6.45, 7) is 5.89. The number of aliphatic hydroxyl groups is 2. The monoisotopic (exact) mass is 197 g/mol. The Morgan fingerprint density at radius 3 is 1.86 bits per heavy atom. The van der Waals surface area contributed by atoms with E-state index in [-0.39, 0.29) is 13.2 Å². The molecule has 14 heavy (non-hydrogen) atoms. The molecule has 0 unspecified atom stereocenters. The van der Waals surface area contributed by atoms with E-state index in [1.165, 1.54) is 0 Å². The molecule has 1 aromatic heterocycles. The molecule has 1 heterocycles. The summed E-state index contributed by atoms with van der Waals surface area (Å²) in [7, 11) is 0. The maximum atomic E-state index is 9.42. The first-order chi connectivity index (χ1) is 6.61. The van der Waals surface area contributed by atoms with Gasteiger partial charge in [-0.1, -0.05) is 6.92 Å². The lowest BCUT2D eigenvalue weighted by Crippen LogP contribution is -2.41. The molecule has 0 aliphatic rings. The summed E-state index contributed by atoms with van der Waals surface area (Å²) in [5.74, 6) is 0. The Morgan fingerprint density at radius 1 is 1.14 bits per heavy atom. The highest BCUT2D eigenvalue weighted by molar-refractivity contribution is 5.17. The van der Waals surface area contributed by atoms with Crippen LogP contribution in [-0.4, -0.2) is 28.0 Å². The molecule has 2 N–H and O–H groups in total. The molecule has 1 rings (SSSR count). The largest absolute Gasteiger partial charge is 0.394 e. The van der Waals surface area contributed by atoms with Crippen LogP contribution in [-0.2, 0) is 5.54 Å². The van der Waals surface area contributed by atoms with Crippen molar-refractivity contribution >= 4 is 0 Å². The van der Waals surface area contributed by atoms with Gasteiger partial charge in [0, 0.05) is 11.4 Å². The second-order valence-electron chi connectivity index (χ2n) is 3.85. The first kappa shape index (κ1) is 11.3. The minimum atomic E-state index is -0.544. The molecule has 1 aromatic rings. The van der Waals surface area contributed by atoms with Crippen LogP contribution in [0.15, 0.2) is 12.1 Å². The zero-order chi connectivity index (χ0) is 10.8. The van der Waals surface area contributed by atoms with Crippen LogP contribution in [0.2, 0.25) is 0 Å². The first-order valence-corrected chi connectivity index (χ1v) is 4.98. The molecule has 0 fully saturated rings. The maximum Gasteiger partial charge on any atom is 0.0901 e. The summed E-state index contributed by atoms with van der Waals surface area (Å²) in [6.07, 6.45) is 0.719. The fourth-order valence-corrected chi connectivity index (χ4v) is 1.99. The molecule has 3 nitrogen and oxygen atoms in total. The van der Waals surface area contributed by atoms with Gasteiger partial charge in [0.05, 0.1) is 18.8 Å². The highest BCUT2D eigenvalue weighted by Crippen LogP contribution is 2.24. The number of aliphatic hydroxyl groups excluding tert-OH is 2. The van der Waals surface area contributed by atoms with Crippen molar-refractivity contribution in [1.29, 1.82) is 0 Å². The number of aromatic nitrogens is 1. The Balaban J connectivity index is 3.23. The van der Waals surface area contributed by atoms with Gasteiger partial charge in [0.25, 0.3) is 0 Å². The molecule has 3 heteroatoms. The molecule has 0 aliphatic carbocycles. The average Bonchev–Trinajstić information content (AvgIpc) is 2.53. The third-order valence-corrected chi connectivity index (χ3v) is 2.99. The molecule has 0 atom stereocenters. The van der Waals surface area contributed by atoms with E-state index >= 15 is 0 Å². The fraction of sp³-hybridized carbons (Fsp3) is 0.636. The van der Waals surface area contributed by atoms with Crippen molar-refractivity contribution in [2.45, 2.75) is 32.7 Å². The first-order valence-electron chi connectivity index (χ1n) is 4.98. The van der Waals surface area contributed by atoms with Crippen LogP contribution in [0, 0.1) is 13.8 Å². The van der Waals surface area contributed by atoms with Gasteiger partial charge >= 0.3 is 0 Å². The molecule has 0 spiro atoms. The highest BCUT2D eigenvalue weighted by atomic mass is 16.3. The summed E-state index contributed by atoms with van der Waals surface area (Å²) in [4.78, 5) is 0. The van der Waals surface area contributed by atoms with Crippen LogP contribution in [0.1, 0.15) is 24.7 Å². The van der Waals surface area contributed by atoms with Gasteiger partial charge in [0.1, 0.15) is 0 Å². The third-order valence-electron chi connectivity index (χ3n) is 2.99. The van der Waals surface area contributed by atoms with E-state index in [4.69, 9.17) is 0 Å². The number of hydrogen-bond donors (Lipinski definition) is 2. The minimum Gasteiger partial charge on any atom is -0.394 e. The Bertz CT molecular complexity index is 272. The van der Waals surface area contributed by atoms with Gasteiger partial charge in [0.2, 0.25) is 0 Å². The number of rotatable bonds is 4. The molecule has 0 radical (unpaired) electrons. The Morgan fingerprint density at radius 2 is 1.57 bits per heavy atom. The Labute approximate surface area is 85.0 Å². The molecule has 0 aliphatic heterocycles. The topological polar surface area (TPSA) is 45.4 Å². The normalized spacial score (nSPS) is 12.1. The van der Waals surface area contributed by atoms with Crippen molar-refractivity contribution in [3.63, 3.8) is 0 Å². The smallest absolute Gasteiger partial charge is 0.0901 e. The Hall–Kier alpha value is -0.800. The predicted molar refractivity (Wildman–Crippen MR) is 56.3 cm³/mol. The van der Waals surface area contributed by atoms with E-state index in [0.717, 1.165) is 17.8 Å². The van der Waals surface area contributed by atoms with E-state index in [1.807, 2.05) is 37.5 Å². The Kier molecular flexibility index (Phi) is 3.34. The van der Waals surface area contributed by atoms with Crippen LogP contribution in [0.4, 0.5) is 0 Å². The van der Waals surface area contributed by atoms with Crippen LogP contribution >= 0.6 is 0 Å². The average molecular weight is 197 g/mol. The lowest BCUT2D eigenvalue weighted by molar-refractivity contribution is 0.0572.